The van der Waals surface area contributed by atoms with E-state index in [1.54, 1.807) is 0 Å². The summed E-state index contributed by atoms with van der Waals surface area (Å²) in [5, 5.41) is 3.99. The Labute approximate surface area is 108 Å². The van der Waals surface area contributed by atoms with E-state index in [0.29, 0.717) is 10.6 Å². The van der Waals surface area contributed by atoms with Gasteiger partial charge in [0.15, 0.2) is 0 Å². The average molecular weight is 282 g/mol. The number of halogens is 3. The smallest absolute Gasteiger partial charge is 0.271 e. The third kappa shape index (κ3) is 4.18. The molecule has 1 heterocycles. The zero-order valence-electron chi connectivity index (χ0n) is 10.5. The van der Waals surface area contributed by atoms with Crippen LogP contribution in [-0.4, -0.2) is 15.8 Å². The van der Waals surface area contributed by atoms with Gasteiger partial charge in [-0.15, -0.1) is 5.10 Å². The minimum Gasteiger partial charge on any atom is -0.271 e. The van der Waals surface area contributed by atoms with Gasteiger partial charge in [0.1, 0.15) is 0 Å². The number of nitrogens with one attached hydrogen (secondary N) is 1. The number of aromatic nitrogens is 2. The summed E-state index contributed by atoms with van der Waals surface area (Å²) in [6, 6.07) is -0.569. The highest BCUT2D eigenvalue weighted by molar-refractivity contribution is 7.05. The fourth-order valence-corrected chi connectivity index (χ4v) is 2.50. The predicted octanol–water partition coefficient (Wildman–Crippen LogP) is 2.68. The fourth-order valence-electron chi connectivity index (χ4n) is 1.54. The maximum absolute atomic E-state index is 12.2. The van der Waals surface area contributed by atoms with Gasteiger partial charge in [0.2, 0.25) is 0 Å². The second-order valence-corrected chi connectivity index (χ2v) is 5.89. The van der Waals surface area contributed by atoms with Gasteiger partial charge >= 0.3 is 6.18 Å². The molecule has 0 aromatic carbocycles. The summed E-state index contributed by atoms with van der Waals surface area (Å²) in [5.41, 5.74) is 2.84. The van der Waals surface area contributed by atoms with Crippen molar-refractivity contribution in [1.82, 2.24) is 15.0 Å². The zero-order valence-corrected chi connectivity index (χ0v) is 11.3. The monoisotopic (exact) mass is 282 g/mol. The summed E-state index contributed by atoms with van der Waals surface area (Å²) in [5.74, 6) is 5.34. The molecule has 3 N–H and O–H groups in total. The first-order valence-electron chi connectivity index (χ1n) is 5.51. The van der Waals surface area contributed by atoms with E-state index in [2.05, 4.69) is 15.0 Å². The van der Waals surface area contributed by atoms with Crippen molar-refractivity contribution < 1.29 is 13.2 Å². The van der Waals surface area contributed by atoms with Crippen LogP contribution in [0.2, 0.25) is 0 Å². The lowest BCUT2D eigenvalue weighted by atomic mass is 9.89. The lowest BCUT2D eigenvalue weighted by molar-refractivity contribution is -0.136. The van der Waals surface area contributed by atoms with Crippen LogP contribution in [0.25, 0.3) is 0 Å². The standard InChI is InChI=1S/C10H17F3N4S/c1-9(2,3)8-7(18-17-16-8)6(15-14)4-5-10(11,12)13/h6,15H,4-5,14H2,1-3H3. The summed E-state index contributed by atoms with van der Waals surface area (Å²) < 4.78 is 40.5. The van der Waals surface area contributed by atoms with Crippen molar-refractivity contribution in [2.24, 2.45) is 5.84 Å². The molecule has 18 heavy (non-hydrogen) atoms. The predicted molar refractivity (Wildman–Crippen MR) is 64.0 cm³/mol. The van der Waals surface area contributed by atoms with Crippen molar-refractivity contribution in [2.75, 3.05) is 0 Å². The Balaban J connectivity index is 2.86. The Hall–Kier alpha value is -0.730. The molecule has 104 valence electrons. The molecule has 0 amide bonds. The van der Waals surface area contributed by atoms with E-state index in [-0.39, 0.29) is 11.8 Å². The highest BCUT2D eigenvalue weighted by Crippen LogP contribution is 2.34. The third-order valence-corrected chi connectivity index (χ3v) is 3.30. The second-order valence-electron chi connectivity index (χ2n) is 5.11. The molecule has 0 aliphatic carbocycles. The highest BCUT2D eigenvalue weighted by atomic mass is 32.1. The van der Waals surface area contributed by atoms with Gasteiger partial charge in [0, 0.05) is 11.8 Å². The van der Waals surface area contributed by atoms with Crippen molar-refractivity contribution in [2.45, 2.75) is 51.2 Å². The maximum atomic E-state index is 12.2. The Morgan fingerprint density at radius 1 is 1.33 bits per heavy atom. The third-order valence-electron chi connectivity index (χ3n) is 2.46. The molecule has 0 aliphatic rings. The Morgan fingerprint density at radius 2 is 1.94 bits per heavy atom. The SMILES string of the molecule is CC(C)(C)c1nnsc1C(CCC(F)(F)F)NN. The summed E-state index contributed by atoms with van der Waals surface area (Å²) in [6.45, 7) is 5.81. The summed E-state index contributed by atoms with van der Waals surface area (Å²) >= 11 is 1.09. The lowest BCUT2D eigenvalue weighted by Gasteiger charge is -2.21. The van der Waals surface area contributed by atoms with Crippen molar-refractivity contribution >= 4 is 11.5 Å². The number of hydrogen-bond acceptors (Lipinski definition) is 5. The summed E-state index contributed by atoms with van der Waals surface area (Å²) in [7, 11) is 0. The van der Waals surface area contributed by atoms with E-state index >= 15 is 0 Å². The minimum absolute atomic E-state index is 0.118. The fraction of sp³-hybridized carbons (Fsp3) is 0.800. The van der Waals surface area contributed by atoms with Crippen LogP contribution in [-0.2, 0) is 5.41 Å². The first-order valence-corrected chi connectivity index (χ1v) is 6.28. The number of nitrogens with two attached hydrogens (primary N) is 1. The molecule has 0 bridgehead atoms. The largest absolute Gasteiger partial charge is 0.389 e. The molecule has 8 heteroatoms. The highest BCUT2D eigenvalue weighted by Gasteiger charge is 2.32. The van der Waals surface area contributed by atoms with Gasteiger partial charge in [-0.05, 0) is 18.0 Å². The van der Waals surface area contributed by atoms with Crippen LogP contribution in [0.1, 0.15) is 50.2 Å². The Morgan fingerprint density at radius 3 is 2.39 bits per heavy atom. The van der Waals surface area contributed by atoms with Crippen LogP contribution < -0.4 is 11.3 Å². The van der Waals surface area contributed by atoms with Crippen LogP contribution in [0, 0.1) is 0 Å². The molecule has 1 rings (SSSR count). The molecule has 1 aromatic heterocycles. The number of rotatable bonds is 4. The van der Waals surface area contributed by atoms with E-state index < -0.39 is 18.6 Å². The summed E-state index contributed by atoms with van der Waals surface area (Å²) in [6.07, 6.45) is -5.19. The maximum Gasteiger partial charge on any atom is 0.389 e. The Bertz CT molecular complexity index is 383. The van der Waals surface area contributed by atoms with E-state index in [4.69, 9.17) is 5.84 Å². The number of hydrazine groups is 1. The average Bonchev–Trinajstić information content (AvgIpc) is 2.65. The Kier molecular flexibility index (Phi) is 4.68. The quantitative estimate of drug-likeness (QED) is 0.658. The zero-order chi connectivity index (χ0) is 14.0. The van der Waals surface area contributed by atoms with Gasteiger partial charge in [0.25, 0.3) is 0 Å². The molecule has 0 spiro atoms. The van der Waals surface area contributed by atoms with Crippen LogP contribution in [0.3, 0.4) is 0 Å². The summed E-state index contributed by atoms with van der Waals surface area (Å²) in [4.78, 5) is 0.675. The molecular weight excluding hydrogens is 265 g/mol. The molecule has 4 nitrogen and oxygen atoms in total. The van der Waals surface area contributed by atoms with Crippen molar-refractivity contribution in [3.05, 3.63) is 10.6 Å². The van der Waals surface area contributed by atoms with Crippen LogP contribution in [0.4, 0.5) is 13.2 Å². The molecule has 1 unspecified atom stereocenters. The molecule has 0 saturated heterocycles. The molecule has 0 fully saturated rings. The number of alkyl halides is 3. The first kappa shape index (κ1) is 15.3. The van der Waals surface area contributed by atoms with Gasteiger partial charge in [-0.25, -0.2) is 0 Å². The van der Waals surface area contributed by atoms with Crippen molar-refractivity contribution in [3.63, 3.8) is 0 Å². The number of nitrogens with zero attached hydrogens (tertiary/aromatic N) is 2. The normalized spacial score (nSPS) is 14.8. The molecule has 0 radical (unpaired) electrons. The molecule has 1 aromatic rings. The molecule has 1 atom stereocenters. The van der Waals surface area contributed by atoms with Crippen LogP contribution in [0.15, 0.2) is 0 Å². The van der Waals surface area contributed by atoms with E-state index in [9.17, 15) is 13.2 Å². The van der Waals surface area contributed by atoms with Gasteiger partial charge in [-0.2, -0.15) is 13.2 Å². The second kappa shape index (κ2) is 5.50. The number of hydrogen-bond donors (Lipinski definition) is 2. The van der Waals surface area contributed by atoms with E-state index in [1.165, 1.54) is 0 Å². The van der Waals surface area contributed by atoms with Gasteiger partial charge in [-0.1, -0.05) is 25.3 Å². The van der Waals surface area contributed by atoms with Gasteiger partial charge in [0.05, 0.1) is 16.6 Å². The first-order chi connectivity index (χ1) is 8.15. The molecule has 0 aliphatic heterocycles. The molecular formula is C10H17F3N4S. The molecule has 0 saturated carbocycles. The van der Waals surface area contributed by atoms with Gasteiger partial charge in [-0.3, -0.25) is 11.3 Å². The van der Waals surface area contributed by atoms with E-state index in [0.717, 1.165) is 11.5 Å². The lowest BCUT2D eigenvalue weighted by Crippen LogP contribution is -2.30. The van der Waals surface area contributed by atoms with Crippen LogP contribution in [0.5, 0.6) is 0 Å². The van der Waals surface area contributed by atoms with E-state index in [1.807, 2.05) is 20.8 Å². The van der Waals surface area contributed by atoms with Crippen LogP contribution >= 0.6 is 11.5 Å². The van der Waals surface area contributed by atoms with Gasteiger partial charge < -0.3 is 0 Å². The van der Waals surface area contributed by atoms with Crippen molar-refractivity contribution in [1.29, 1.82) is 0 Å². The topological polar surface area (TPSA) is 63.8 Å². The minimum atomic E-state index is -4.19. The van der Waals surface area contributed by atoms with Crippen molar-refractivity contribution in [3.8, 4) is 0 Å².